The van der Waals surface area contributed by atoms with Crippen LogP contribution in [-0.4, -0.2) is 12.2 Å². The molecule has 1 aromatic carbocycles. The predicted octanol–water partition coefficient (Wildman–Crippen LogP) is 3.74. The van der Waals surface area contributed by atoms with E-state index in [9.17, 15) is 0 Å². The molecule has 0 fully saturated rings. The maximum absolute atomic E-state index is 5.97. The van der Waals surface area contributed by atoms with Gasteiger partial charge >= 0.3 is 0 Å². The molecule has 16 heavy (non-hydrogen) atoms. The second kappa shape index (κ2) is 5.86. The Morgan fingerprint density at radius 1 is 1.12 bits per heavy atom. The van der Waals surface area contributed by atoms with E-state index in [4.69, 9.17) is 4.74 Å². The van der Waals surface area contributed by atoms with E-state index in [0.717, 1.165) is 25.7 Å². The van der Waals surface area contributed by atoms with E-state index in [2.05, 4.69) is 49.4 Å². The third-order valence-electron chi connectivity index (χ3n) is 3.06. The zero-order valence-corrected chi connectivity index (χ0v) is 9.93. The molecule has 0 unspecified atom stereocenters. The number of aryl methyl sites for hydroxylation is 1. The minimum Gasteiger partial charge on any atom is -0.375 e. The van der Waals surface area contributed by atoms with Crippen LogP contribution in [0.25, 0.3) is 0 Å². The van der Waals surface area contributed by atoms with Crippen molar-refractivity contribution >= 4 is 0 Å². The Morgan fingerprint density at radius 2 is 1.88 bits per heavy atom. The van der Waals surface area contributed by atoms with Gasteiger partial charge in [-0.1, -0.05) is 42.5 Å². The highest BCUT2D eigenvalue weighted by Gasteiger charge is 2.14. The van der Waals surface area contributed by atoms with Crippen molar-refractivity contribution in [2.24, 2.45) is 0 Å². The second-order valence-electron chi connectivity index (χ2n) is 4.54. The highest BCUT2D eigenvalue weighted by Crippen LogP contribution is 2.17. The van der Waals surface area contributed by atoms with Crippen LogP contribution in [0.5, 0.6) is 0 Å². The molecule has 0 spiro atoms. The summed E-state index contributed by atoms with van der Waals surface area (Å²) in [6.45, 7) is 2.16. The SMILES string of the molecule is C[C@@H]1CC=CC[C@H](CCc2ccccc2)O1. The fourth-order valence-corrected chi connectivity index (χ4v) is 2.13. The van der Waals surface area contributed by atoms with E-state index in [0.29, 0.717) is 12.2 Å². The van der Waals surface area contributed by atoms with E-state index in [1.807, 2.05) is 0 Å². The van der Waals surface area contributed by atoms with Crippen molar-refractivity contribution in [3.8, 4) is 0 Å². The third kappa shape index (κ3) is 3.49. The molecule has 1 aromatic rings. The summed E-state index contributed by atoms with van der Waals surface area (Å²) >= 11 is 0. The first kappa shape index (κ1) is 11.4. The molecular formula is C15H20O. The maximum atomic E-state index is 5.97. The van der Waals surface area contributed by atoms with Crippen LogP contribution in [0.15, 0.2) is 42.5 Å². The lowest BCUT2D eigenvalue weighted by atomic mass is 10.1. The first-order valence-corrected chi connectivity index (χ1v) is 6.19. The monoisotopic (exact) mass is 216 g/mol. The molecule has 1 nitrogen and oxygen atoms in total. The van der Waals surface area contributed by atoms with Gasteiger partial charge in [-0.25, -0.2) is 0 Å². The molecule has 0 aliphatic carbocycles. The van der Waals surface area contributed by atoms with Gasteiger partial charge in [0.1, 0.15) is 0 Å². The zero-order chi connectivity index (χ0) is 11.2. The molecule has 0 saturated carbocycles. The van der Waals surface area contributed by atoms with Crippen LogP contribution in [0, 0.1) is 0 Å². The lowest BCUT2D eigenvalue weighted by Gasteiger charge is -2.18. The van der Waals surface area contributed by atoms with Gasteiger partial charge in [0.2, 0.25) is 0 Å². The predicted molar refractivity (Wildman–Crippen MR) is 67.5 cm³/mol. The van der Waals surface area contributed by atoms with E-state index < -0.39 is 0 Å². The van der Waals surface area contributed by atoms with Gasteiger partial charge in [0.25, 0.3) is 0 Å². The summed E-state index contributed by atoms with van der Waals surface area (Å²) in [6.07, 6.45) is 9.64. The minimum atomic E-state index is 0.375. The average molecular weight is 216 g/mol. The third-order valence-corrected chi connectivity index (χ3v) is 3.06. The molecular weight excluding hydrogens is 196 g/mol. The number of benzene rings is 1. The van der Waals surface area contributed by atoms with Gasteiger partial charge in [0, 0.05) is 0 Å². The highest BCUT2D eigenvalue weighted by atomic mass is 16.5. The Morgan fingerprint density at radius 3 is 2.69 bits per heavy atom. The molecule has 1 aliphatic heterocycles. The van der Waals surface area contributed by atoms with Gasteiger partial charge in [-0.3, -0.25) is 0 Å². The number of rotatable bonds is 3. The fraction of sp³-hybridized carbons (Fsp3) is 0.467. The number of hydrogen-bond acceptors (Lipinski definition) is 1. The fourth-order valence-electron chi connectivity index (χ4n) is 2.13. The maximum Gasteiger partial charge on any atom is 0.0616 e. The molecule has 1 heteroatoms. The molecule has 1 aliphatic rings. The van der Waals surface area contributed by atoms with Gasteiger partial charge in [-0.2, -0.15) is 0 Å². The van der Waals surface area contributed by atoms with Crippen LogP contribution in [0.2, 0.25) is 0 Å². The Hall–Kier alpha value is -1.08. The topological polar surface area (TPSA) is 9.23 Å². The lowest BCUT2D eigenvalue weighted by Crippen LogP contribution is -2.18. The Balaban J connectivity index is 1.83. The van der Waals surface area contributed by atoms with Crippen molar-refractivity contribution in [1.82, 2.24) is 0 Å². The Labute approximate surface area is 98.1 Å². The van der Waals surface area contributed by atoms with E-state index in [-0.39, 0.29) is 0 Å². The standard InChI is InChI=1S/C15H20O/c1-13-7-5-6-10-15(16-13)12-11-14-8-3-2-4-9-14/h2-6,8-9,13,15H,7,10-12H2,1H3/t13-,15-/m1/s1. The summed E-state index contributed by atoms with van der Waals surface area (Å²) in [6, 6.07) is 10.7. The molecule has 1 heterocycles. The van der Waals surface area contributed by atoms with Crippen molar-refractivity contribution in [1.29, 1.82) is 0 Å². The molecule has 0 amide bonds. The van der Waals surface area contributed by atoms with Crippen LogP contribution in [0.3, 0.4) is 0 Å². The Bertz CT molecular complexity index is 329. The quantitative estimate of drug-likeness (QED) is 0.699. The summed E-state index contributed by atoms with van der Waals surface area (Å²) < 4.78 is 5.97. The zero-order valence-electron chi connectivity index (χ0n) is 9.93. The van der Waals surface area contributed by atoms with Crippen LogP contribution in [0.4, 0.5) is 0 Å². The van der Waals surface area contributed by atoms with Crippen molar-refractivity contribution in [3.05, 3.63) is 48.0 Å². The summed E-state index contributed by atoms with van der Waals surface area (Å²) in [5.41, 5.74) is 1.41. The van der Waals surface area contributed by atoms with Gasteiger partial charge in [0.15, 0.2) is 0 Å². The lowest BCUT2D eigenvalue weighted by molar-refractivity contribution is 0.00121. The molecule has 0 N–H and O–H groups in total. The van der Waals surface area contributed by atoms with Gasteiger partial charge in [0.05, 0.1) is 12.2 Å². The summed E-state index contributed by atoms with van der Waals surface area (Å²) in [5.74, 6) is 0. The summed E-state index contributed by atoms with van der Waals surface area (Å²) in [7, 11) is 0. The van der Waals surface area contributed by atoms with Gasteiger partial charge in [-0.15, -0.1) is 0 Å². The van der Waals surface area contributed by atoms with E-state index in [1.54, 1.807) is 0 Å². The first-order chi connectivity index (χ1) is 7.84. The molecule has 2 atom stereocenters. The van der Waals surface area contributed by atoms with E-state index in [1.165, 1.54) is 5.56 Å². The highest BCUT2D eigenvalue weighted by molar-refractivity contribution is 5.14. The molecule has 86 valence electrons. The molecule has 0 aromatic heterocycles. The van der Waals surface area contributed by atoms with Crippen LogP contribution < -0.4 is 0 Å². The molecule has 0 radical (unpaired) electrons. The first-order valence-electron chi connectivity index (χ1n) is 6.19. The summed E-state index contributed by atoms with van der Waals surface area (Å²) in [4.78, 5) is 0. The number of hydrogen-bond donors (Lipinski definition) is 0. The van der Waals surface area contributed by atoms with Gasteiger partial charge < -0.3 is 4.74 Å². The van der Waals surface area contributed by atoms with Crippen LogP contribution in [-0.2, 0) is 11.2 Å². The van der Waals surface area contributed by atoms with Crippen molar-refractivity contribution < 1.29 is 4.74 Å². The normalized spacial score (nSPS) is 25.3. The van der Waals surface area contributed by atoms with Crippen molar-refractivity contribution in [3.63, 3.8) is 0 Å². The molecule has 0 bridgehead atoms. The molecule has 0 saturated heterocycles. The average Bonchev–Trinajstić information content (AvgIpc) is 2.52. The largest absolute Gasteiger partial charge is 0.375 e. The molecule has 2 rings (SSSR count). The van der Waals surface area contributed by atoms with Crippen molar-refractivity contribution in [2.75, 3.05) is 0 Å². The van der Waals surface area contributed by atoms with Crippen molar-refractivity contribution in [2.45, 2.75) is 44.8 Å². The summed E-state index contributed by atoms with van der Waals surface area (Å²) in [5, 5.41) is 0. The van der Waals surface area contributed by atoms with Gasteiger partial charge in [-0.05, 0) is 38.2 Å². The minimum absolute atomic E-state index is 0.375. The Kier molecular flexibility index (Phi) is 4.17. The van der Waals surface area contributed by atoms with Crippen LogP contribution in [0.1, 0.15) is 31.7 Å². The number of ether oxygens (including phenoxy) is 1. The van der Waals surface area contributed by atoms with Crippen LogP contribution >= 0.6 is 0 Å². The smallest absolute Gasteiger partial charge is 0.0616 e. The second-order valence-corrected chi connectivity index (χ2v) is 4.54. The van der Waals surface area contributed by atoms with E-state index >= 15 is 0 Å².